The second-order valence-electron chi connectivity index (χ2n) is 7.88. The zero-order valence-corrected chi connectivity index (χ0v) is 19.9. The first-order valence-corrected chi connectivity index (χ1v) is 11.2. The Hall–Kier alpha value is -3.92. The van der Waals surface area contributed by atoms with Crippen LogP contribution in [-0.4, -0.2) is 49.8 Å². The van der Waals surface area contributed by atoms with Crippen LogP contribution in [0.2, 0.25) is 0 Å². The SMILES string of the molecule is CCCN1C(=O)NC(c2cccc(NC(=O)Nc3cccc(F)c3)c2)C(C(=O)OCCOC)=C1C. The maximum atomic E-state index is 13.4. The number of anilines is 2. The minimum Gasteiger partial charge on any atom is -0.460 e. The highest BCUT2D eigenvalue weighted by atomic mass is 19.1. The highest BCUT2D eigenvalue weighted by Crippen LogP contribution is 2.32. The van der Waals surface area contributed by atoms with Gasteiger partial charge in [0, 0.05) is 30.7 Å². The summed E-state index contributed by atoms with van der Waals surface area (Å²) < 4.78 is 23.7. The summed E-state index contributed by atoms with van der Waals surface area (Å²) in [5.41, 5.74) is 2.11. The van der Waals surface area contributed by atoms with Crippen LogP contribution in [0.3, 0.4) is 0 Å². The van der Waals surface area contributed by atoms with Crippen molar-refractivity contribution in [3.63, 3.8) is 0 Å². The standard InChI is InChI=1S/C25H29FN4O5/c1-4-11-30-16(2)21(23(31)35-13-12-34-3)22(29-25(30)33)17-7-5-9-19(14-17)27-24(32)28-20-10-6-8-18(26)15-20/h5-10,14-15,22H,4,11-13H2,1-3H3,(H,29,33)(H2,27,28,32). The van der Waals surface area contributed by atoms with Crippen LogP contribution in [0.4, 0.5) is 25.4 Å². The van der Waals surface area contributed by atoms with Crippen LogP contribution in [0.1, 0.15) is 31.9 Å². The number of amides is 4. The number of halogens is 1. The van der Waals surface area contributed by atoms with Gasteiger partial charge in [-0.05, 0) is 49.2 Å². The average molecular weight is 485 g/mol. The summed E-state index contributed by atoms with van der Waals surface area (Å²) in [5, 5.41) is 8.11. The molecule has 1 unspecified atom stereocenters. The maximum Gasteiger partial charge on any atom is 0.338 e. The fourth-order valence-electron chi connectivity index (χ4n) is 3.74. The molecule has 1 aliphatic heterocycles. The van der Waals surface area contributed by atoms with Crippen LogP contribution >= 0.6 is 0 Å². The Balaban J connectivity index is 1.85. The second-order valence-corrected chi connectivity index (χ2v) is 7.88. The number of hydrogen-bond acceptors (Lipinski definition) is 5. The number of esters is 1. The number of carbonyl (C=O) groups is 3. The van der Waals surface area contributed by atoms with E-state index < -0.39 is 23.9 Å². The summed E-state index contributed by atoms with van der Waals surface area (Å²) in [4.78, 5) is 39.7. The van der Waals surface area contributed by atoms with Crippen molar-refractivity contribution in [2.75, 3.05) is 37.5 Å². The van der Waals surface area contributed by atoms with Crippen LogP contribution < -0.4 is 16.0 Å². The van der Waals surface area contributed by atoms with Crippen molar-refractivity contribution in [2.45, 2.75) is 26.3 Å². The van der Waals surface area contributed by atoms with E-state index in [2.05, 4.69) is 16.0 Å². The van der Waals surface area contributed by atoms with Crippen LogP contribution in [0.25, 0.3) is 0 Å². The van der Waals surface area contributed by atoms with Gasteiger partial charge in [-0.25, -0.2) is 18.8 Å². The molecule has 186 valence electrons. The van der Waals surface area contributed by atoms with Gasteiger partial charge in [0.15, 0.2) is 0 Å². The lowest BCUT2D eigenvalue weighted by molar-refractivity contribution is -0.140. The molecule has 0 fully saturated rings. The zero-order valence-electron chi connectivity index (χ0n) is 19.9. The quantitative estimate of drug-likeness (QED) is 0.361. The third kappa shape index (κ3) is 6.57. The van der Waals surface area contributed by atoms with E-state index in [1.165, 1.54) is 30.2 Å². The Morgan fingerprint density at radius 1 is 1.09 bits per heavy atom. The number of nitrogens with one attached hydrogen (secondary N) is 3. The summed E-state index contributed by atoms with van der Waals surface area (Å²) in [6.07, 6.45) is 0.710. The lowest BCUT2D eigenvalue weighted by Crippen LogP contribution is -2.48. The Morgan fingerprint density at radius 3 is 2.43 bits per heavy atom. The van der Waals surface area contributed by atoms with E-state index >= 15 is 0 Å². The molecule has 3 rings (SSSR count). The van der Waals surface area contributed by atoms with Crippen LogP contribution in [-0.2, 0) is 14.3 Å². The number of methoxy groups -OCH3 is 1. The van der Waals surface area contributed by atoms with E-state index in [1.54, 1.807) is 37.3 Å². The van der Waals surface area contributed by atoms with Crippen molar-refractivity contribution in [3.05, 3.63) is 71.2 Å². The maximum absolute atomic E-state index is 13.4. The van der Waals surface area contributed by atoms with Crippen LogP contribution in [0.15, 0.2) is 59.8 Å². The highest BCUT2D eigenvalue weighted by Gasteiger charge is 2.36. The molecule has 35 heavy (non-hydrogen) atoms. The van der Waals surface area contributed by atoms with E-state index in [1.807, 2.05) is 6.92 Å². The molecule has 1 heterocycles. The van der Waals surface area contributed by atoms with E-state index in [4.69, 9.17) is 9.47 Å². The van der Waals surface area contributed by atoms with Crippen molar-refractivity contribution < 1.29 is 28.2 Å². The number of allylic oxidation sites excluding steroid dienone is 1. The van der Waals surface area contributed by atoms with Crippen molar-refractivity contribution >= 4 is 29.4 Å². The van der Waals surface area contributed by atoms with Crippen LogP contribution in [0, 0.1) is 5.82 Å². The summed E-state index contributed by atoms with van der Waals surface area (Å²) in [6, 6.07) is 10.6. The number of urea groups is 2. The number of carbonyl (C=O) groups excluding carboxylic acids is 3. The van der Waals surface area contributed by atoms with Gasteiger partial charge >= 0.3 is 18.0 Å². The lowest BCUT2D eigenvalue weighted by Gasteiger charge is -2.35. The van der Waals surface area contributed by atoms with Gasteiger partial charge in [-0.15, -0.1) is 0 Å². The molecule has 3 N–H and O–H groups in total. The fraction of sp³-hybridized carbons (Fsp3) is 0.320. The number of ether oxygens (including phenoxy) is 2. The second kappa shape index (κ2) is 12.0. The van der Waals surface area contributed by atoms with E-state index in [0.29, 0.717) is 41.2 Å². The Labute approximate surface area is 203 Å². The number of rotatable bonds is 9. The molecule has 0 spiro atoms. The largest absolute Gasteiger partial charge is 0.460 e. The summed E-state index contributed by atoms with van der Waals surface area (Å²) in [5.74, 6) is -1.03. The van der Waals surface area contributed by atoms with Gasteiger partial charge in [-0.1, -0.05) is 25.1 Å². The monoisotopic (exact) mass is 484 g/mol. The average Bonchev–Trinajstić information content (AvgIpc) is 2.81. The molecule has 0 bridgehead atoms. The predicted molar refractivity (Wildman–Crippen MR) is 129 cm³/mol. The summed E-state index contributed by atoms with van der Waals surface area (Å²) in [7, 11) is 1.51. The summed E-state index contributed by atoms with van der Waals surface area (Å²) >= 11 is 0. The van der Waals surface area contributed by atoms with E-state index in [-0.39, 0.29) is 19.2 Å². The van der Waals surface area contributed by atoms with Crippen LogP contribution in [0.5, 0.6) is 0 Å². The third-order valence-electron chi connectivity index (χ3n) is 5.34. The molecule has 1 atom stereocenters. The smallest absolute Gasteiger partial charge is 0.338 e. The first-order valence-electron chi connectivity index (χ1n) is 11.2. The molecular weight excluding hydrogens is 455 g/mol. The lowest BCUT2D eigenvalue weighted by atomic mass is 9.94. The Bertz CT molecular complexity index is 1120. The van der Waals surface area contributed by atoms with Gasteiger partial charge in [-0.3, -0.25) is 4.90 Å². The molecule has 4 amide bonds. The van der Waals surface area contributed by atoms with Crippen molar-refractivity contribution in [1.82, 2.24) is 10.2 Å². The normalized spacial score (nSPS) is 15.5. The minimum absolute atomic E-state index is 0.0718. The number of hydrogen-bond donors (Lipinski definition) is 3. The molecule has 0 saturated heterocycles. The van der Waals surface area contributed by atoms with E-state index in [9.17, 15) is 18.8 Å². The Kier molecular flexibility index (Phi) is 8.80. The third-order valence-corrected chi connectivity index (χ3v) is 5.34. The highest BCUT2D eigenvalue weighted by molar-refractivity contribution is 6.00. The van der Waals surface area contributed by atoms with Gasteiger partial charge < -0.3 is 25.4 Å². The molecule has 10 heteroatoms. The molecule has 0 aromatic heterocycles. The van der Waals surface area contributed by atoms with Gasteiger partial charge in [0.2, 0.25) is 0 Å². The molecule has 2 aromatic rings. The van der Waals surface area contributed by atoms with Crippen molar-refractivity contribution in [3.8, 4) is 0 Å². The molecule has 9 nitrogen and oxygen atoms in total. The first kappa shape index (κ1) is 25.7. The molecule has 1 aliphatic rings. The molecule has 0 aliphatic carbocycles. The fourth-order valence-corrected chi connectivity index (χ4v) is 3.74. The minimum atomic E-state index is -0.779. The van der Waals surface area contributed by atoms with Gasteiger partial charge in [0.1, 0.15) is 12.4 Å². The molecule has 2 aromatic carbocycles. The van der Waals surface area contributed by atoms with E-state index in [0.717, 1.165) is 0 Å². The first-order chi connectivity index (χ1) is 16.8. The van der Waals surface area contributed by atoms with Crippen molar-refractivity contribution in [2.24, 2.45) is 0 Å². The molecular formula is C25H29FN4O5. The zero-order chi connectivity index (χ0) is 25.4. The van der Waals surface area contributed by atoms with Crippen molar-refractivity contribution in [1.29, 1.82) is 0 Å². The predicted octanol–water partition coefficient (Wildman–Crippen LogP) is 4.41. The topological polar surface area (TPSA) is 109 Å². The molecule has 0 saturated carbocycles. The summed E-state index contributed by atoms with van der Waals surface area (Å²) in [6.45, 7) is 4.41. The Morgan fingerprint density at radius 2 is 1.77 bits per heavy atom. The number of benzene rings is 2. The number of nitrogens with zero attached hydrogens (tertiary/aromatic N) is 1. The van der Waals surface area contributed by atoms with Gasteiger partial charge in [0.05, 0.1) is 18.2 Å². The van der Waals surface area contributed by atoms with Gasteiger partial charge in [0.25, 0.3) is 0 Å². The van der Waals surface area contributed by atoms with Gasteiger partial charge in [-0.2, -0.15) is 0 Å². The molecule has 0 radical (unpaired) electrons.